The van der Waals surface area contributed by atoms with Crippen molar-refractivity contribution in [1.82, 2.24) is 15.3 Å². The van der Waals surface area contributed by atoms with Crippen LogP contribution < -0.4 is 19.7 Å². The molecule has 4 rings (SSSR count). The lowest BCUT2D eigenvalue weighted by Gasteiger charge is -2.28. The van der Waals surface area contributed by atoms with Crippen molar-refractivity contribution >= 4 is 33.3 Å². The van der Waals surface area contributed by atoms with Gasteiger partial charge in [-0.25, -0.2) is 9.97 Å². The number of benzene rings is 1. The molecular formula is C22H26N4O3S. The van der Waals surface area contributed by atoms with Gasteiger partial charge in [-0.2, -0.15) is 0 Å². The maximum atomic E-state index is 13.2. The molecule has 0 unspecified atom stereocenters. The fourth-order valence-electron chi connectivity index (χ4n) is 3.91. The smallest absolute Gasteiger partial charge is 0.253 e. The van der Waals surface area contributed by atoms with Gasteiger partial charge in [-0.15, -0.1) is 11.3 Å². The molecule has 0 radical (unpaired) electrons. The number of fused-ring (bicyclic) bond motifs is 1. The molecule has 3 heterocycles. The van der Waals surface area contributed by atoms with Crippen molar-refractivity contribution in [3.8, 4) is 11.5 Å². The zero-order valence-electron chi connectivity index (χ0n) is 17.5. The number of nitrogens with one attached hydrogen (secondary N) is 1. The van der Waals surface area contributed by atoms with E-state index in [0.29, 0.717) is 23.6 Å². The van der Waals surface area contributed by atoms with E-state index < -0.39 is 0 Å². The Hall–Kier alpha value is -2.87. The fourth-order valence-corrected chi connectivity index (χ4v) is 4.89. The Bertz CT molecular complexity index is 1060. The molecule has 1 N–H and O–H groups in total. The molecule has 0 aliphatic carbocycles. The average molecular weight is 427 g/mol. The first-order valence-corrected chi connectivity index (χ1v) is 10.9. The lowest BCUT2D eigenvalue weighted by atomic mass is 10.1. The maximum absolute atomic E-state index is 13.2. The van der Waals surface area contributed by atoms with E-state index >= 15 is 0 Å². The highest BCUT2D eigenvalue weighted by molar-refractivity contribution is 7.19. The van der Waals surface area contributed by atoms with Gasteiger partial charge < -0.3 is 19.7 Å². The van der Waals surface area contributed by atoms with Crippen molar-refractivity contribution in [2.45, 2.75) is 32.7 Å². The van der Waals surface area contributed by atoms with Gasteiger partial charge in [0.1, 0.15) is 28.5 Å². The van der Waals surface area contributed by atoms with Crippen molar-refractivity contribution < 1.29 is 14.3 Å². The Morgan fingerprint density at radius 3 is 2.70 bits per heavy atom. The number of thiophene rings is 1. The standard InChI is InChI=1S/C22H26N4O3S/c1-14-18(21(27)23-12-15-7-8-16(28-2)11-17(15)29-3)19-20(24-13-25-22(19)30-14)26-9-5-4-6-10-26/h7-8,11,13H,4-6,9-10,12H2,1-3H3,(H,23,27). The van der Waals surface area contributed by atoms with Crippen LogP contribution in [0.5, 0.6) is 11.5 Å². The zero-order chi connectivity index (χ0) is 21.1. The van der Waals surface area contributed by atoms with E-state index in [-0.39, 0.29) is 5.91 Å². The third-order valence-electron chi connectivity index (χ3n) is 5.46. The second-order valence-corrected chi connectivity index (χ2v) is 8.52. The first kappa shape index (κ1) is 20.4. The maximum Gasteiger partial charge on any atom is 0.253 e. The van der Waals surface area contributed by atoms with Gasteiger partial charge in [0.15, 0.2) is 0 Å². The summed E-state index contributed by atoms with van der Waals surface area (Å²) in [6, 6.07) is 5.57. The molecule has 1 aromatic carbocycles. The van der Waals surface area contributed by atoms with Crippen LogP contribution in [0.15, 0.2) is 24.5 Å². The van der Waals surface area contributed by atoms with E-state index in [9.17, 15) is 4.79 Å². The Balaban J connectivity index is 1.63. The Labute approximate surface area is 180 Å². The monoisotopic (exact) mass is 426 g/mol. The van der Waals surface area contributed by atoms with Gasteiger partial charge >= 0.3 is 0 Å². The van der Waals surface area contributed by atoms with Crippen molar-refractivity contribution in [3.05, 3.63) is 40.5 Å². The minimum atomic E-state index is -0.121. The first-order chi connectivity index (χ1) is 14.6. The van der Waals surface area contributed by atoms with Crippen LogP contribution >= 0.6 is 11.3 Å². The van der Waals surface area contributed by atoms with Crippen LogP contribution in [0, 0.1) is 6.92 Å². The summed E-state index contributed by atoms with van der Waals surface area (Å²) < 4.78 is 10.7. The highest BCUT2D eigenvalue weighted by Gasteiger charge is 2.24. The Kier molecular flexibility index (Phi) is 6.03. The highest BCUT2D eigenvalue weighted by Crippen LogP contribution is 2.36. The van der Waals surface area contributed by atoms with Gasteiger partial charge in [-0.05, 0) is 38.3 Å². The SMILES string of the molecule is COc1ccc(CNC(=O)c2c(C)sc3ncnc(N4CCCCC4)c23)c(OC)c1. The molecule has 8 heteroatoms. The molecule has 30 heavy (non-hydrogen) atoms. The summed E-state index contributed by atoms with van der Waals surface area (Å²) in [6.07, 6.45) is 5.14. The molecular weight excluding hydrogens is 400 g/mol. The van der Waals surface area contributed by atoms with Gasteiger partial charge in [0, 0.05) is 36.1 Å². The molecule has 3 aromatic rings. The van der Waals surface area contributed by atoms with Crippen LogP contribution in [0.2, 0.25) is 0 Å². The minimum Gasteiger partial charge on any atom is -0.497 e. The normalized spacial score (nSPS) is 14.0. The number of ether oxygens (including phenoxy) is 2. The Morgan fingerprint density at radius 1 is 1.17 bits per heavy atom. The highest BCUT2D eigenvalue weighted by atomic mass is 32.1. The van der Waals surface area contributed by atoms with Crippen LogP contribution in [-0.2, 0) is 6.54 Å². The predicted octanol–water partition coefficient (Wildman–Crippen LogP) is 3.94. The van der Waals surface area contributed by atoms with Crippen molar-refractivity contribution in [2.24, 2.45) is 0 Å². The molecule has 0 bridgehead atoms. The average Bonchev–Trinajstić information content (AvgIpc) is 3.13. The summed E-state index contributed by atoms with van der Waals surface area (Å²) in [7, 11) is 3.22. The lowest BCUT2D eigenvalue weighted by Crippen LogP contribution is -2.31. The molecule has 1 saturated heterocycles. The zero-order valence-corrected chi connectivity index (χ0v) is 18.3. The Morgan fingerprint density at radius 2 is 1.97 bits per heavy atom. The predicted molar refractivity (Wildman–Crippen MR) is 119 cm³/mol. The molecule has 0 atom stereocenters. The number of piperidine rings is 1. The number of aromatic nitrogens is 2. The van der Waals surface area contributed by atoms with E-state index in [1.54, 1.807) is 20.5 Å². The third kappa shape index (κ3) is 3.92. The van der Waals surface area contributed by atoms with Gasteiger partial charge in [0.05, 0.1) is 25.2 Å². The second kappa shape index (κ2) is 8.87. The van der Waals surface area contributed by atoms with Crippen molar-refractivity contribution in [2.75, 3.05) is 32.2 Å². The molecule has 0 spiro atoms. The molecule has 1 aliphatic heterocycles. The van der Waals surface area contributed by atoms with Crippen molar-refractivity contribution in [1.29, 1.82) is 0 Å². The second-order valence-electron chi connectivity index (χ2n) is 7.32. The number of nitrogens with zero attached hydrogens (tertiary/aromatic N) is 3. The summed E-state index contributed by atoms with van der Waals surface area (Å²) in [5, 5.41) is 3.91. The number of aryl methyl sites for hydroxylation is 1. The molecule has 1 fully saturated rings. The molecule has 1 amide bonds. The van der Waals surface area contributed by atoms with E-state index in [1.807, 2.05) is 25.1 Å². The topological polar surface area (TPSA) is 76.6 Å². The van der Waals surface area contributed by atoms with Crippen LogP contribution in [-0.4, -0.2) is 43.2 Å². The van der Waals surface area contributed by atoms with Crippen LogP contribution in [0.4, 0.5) is 5.82 Å². The van der Waals surface area contributed by atoms with Gasteiger partial charge in [-0.1, -0.05) is 0 Å². The van der Waals surface area contributed by atoms with E-state index in [1.165, 1.54) is 17.8 Å². The number of carbonyl (C=O) groups excluding carboxylic acids is 1. The minimum absolute atomic E-state index is 0.121. The number of hydrogen-bond donors (Lipinski definition) is 1. The number of carbonyl (C=O) groups is 1. The third-order valence-corrected chi connectivity index (χ3v) is 6.47. The number of rotatable bonds is 6. The largest absolute Gasteiger partial charge is 0.497 e. The van der Waals surface area contributed by atoms with Crippen LogP contribution in [0.3, 0.4) is 0 Å². The van der Waals surface area contributed by atoms with Gasteiger partial charge in [-0.3, -0.25) is 4.79 Å². The first-order valence-electron chi connectivity index (χ1n) is 10.1. The number of hydrogen-bond acceptors (Lipinski definition) is 7. The number of amides is 1. The number of anilines is 1. The summed E-state index contributed by atoms with van der Waals surface area (Å²) >= 11 is 1.54. The summed E-state index contributed by atoms with van der Waals surface area (Å²) in [5.74, 6) is 2.14. The fraction of sp³-hybridized carbons (Fsp3) is 0.409. The molecule has 7 nitrogen and oxygen atoms in total. The van der Waals surface area contributed by atoms with Gasteiger partial charge in [0.2, 0.25) is 0 Å². The molecule has 158 valence electrons. The molecule has 0 saturated carbocycles. The van der Waals surface area contributed by atoms with E-state index in [0.717, 1.165) is 52.4 Å². The molecule has 1 aliphatic rings. The van der Waals surface area contributed by atoms with Crippen molar-refractivity contribution in [3.63, 3.8) is 0 Å². The quantitative estimate of drug-likeness (QED) is 0.643. The van der Waals surface area contributed by atoms with Crippen LogP contribution in [0.1, 0.15) is 40.1 Å². The van der Waals surface area contributed by atoms with Crippen LogP contribution in [0.25, 0.3) is 10.2 Å². The summed E-state index contributed by atoms with van der Waals surface area (Å²) in [4.78, 5) is 26.3. The summed E-state index contributed by atoms with van der Waals surface area (Å²) in [5.41, 5.74) is 1.56. The lowest BCUT2D eigenvalue weighted by molar-refractivity contribution is 0.0952. The number of methoxy groups -OCH3 is 2. The summed E-state index contributed by atoms with van der Waals surface area (Å²) in [6.45, 7) is 4.25. The van der Waals surface area contributed by atoms with E-state index in [2.05, 4.69) is 20.2 Å². The van der Waals surface area contributed by atoms with Gasteiger partial charge in [0.25, 0.3) is 5.91 Å². The van der Waals surface area contributed by atoms with E-state index in [4.69, 9.17) is 9.47 Å². The molecule has 2 aromatic heterocycles.